The van der Waals surface area contributed by atoms with E-state index in [1.165, 1.54) is 10.0 Å². The van der Waals surface area contributed by atoms with Gasteiger partial charge in [0, 0.05) is 0 Å². The second-order valence-electron chi connectivity index (χ2n) is 7.99. The summed E-state index contributed by atoms with van der Waals surface area (Å²) in [5.74, 6) is 0.923. The van der Waals surface area contributed by atoms with Gasteiger partial charge in [0.25, 0.3) is 5.91 Å². The lowest BCUT2D eigenvalue weighted by atomic mass is 9.52. The zero-order valence-electron chi connectivity index (χ0n) is 12.5. The van der Waals surface area contributed by atoms with Crippen LogP contribution < -0.4 is 0 Å². The number of carbonyl (C=O) groups excluding carboxylic acids is 1. The van der Waals surface area contributed by atoms with Gasteiger partial charge in [0.2, 0.25) is 0 Å². The molecule has 0 spiro atoms. The van der Waals surface area contributed by atoms with Crippen LogP contribution in [0.1, 0.15) is 46.0 Å². The molecular formula is C15H22N2O4. The summed E-state index contributed by atoms with van der Waals surface area (Å²) in [4.78, 5) is 24.0. The van der Waals surface area contributed by atoms with E-state index in [0.29, 0.717) is 18.8 Å². The molecule has 5 atom stereocenters. The number of hydrazine groups is 1. The normalized spacial score (nSPS) is 46.7. The average Bonchev–Trinajstić information content (AvgIpc) is 2.33. The van der Waals surface area contributed by atoms with Crippen molar-refractivity contribution in [3.8, 4) is 0 Å². The molecule has 6 heteroatoms. The van der Waals surface area contributed by atoms with Gasteiger partial charge in [-0.25, -0.2) is 14.8 Å². The van der Waals surface area contributed by atoms with Crippen molar-refractivity contribution >= 4 is 12.0 Å². The van der Waals surface area contributed by atoms with Crippen molar-refractivity contribution in [2.45, 2.75) is 63.1 Å². The van der Waals surface area contributed by atoms with Gasteiger partial charge >= 0.3 is 6.09 Å². The molecule has 0 radical (unpaired) electrons. The van der Waals surface area contributed by atoms with Crippen LogP contribution in [0.25, 0.3) is 0 Å². The van der Waals surface area contributed by atoms with E-state index in [9.17, 15) is 19.8 Å². The molecule has 0 aromatic carbocycles. The fourth-order valence-corrected chi connectivity index (χ4v) is 5.64. The topological polar surface area (TPSA) is 81.1 Å². The second kappa shape index (κ2) is 3.72. The first kappa shape index (κ1) is 13.4. The quantitative estimate of drug-likeness (QED) is 0.767. The summed E-state index contributed by atoms with van der Waals surface area (Å²) in [5, 5.41) is 22.7. The lowest BCUT2D eigenvalue weighted by Crippen LogP contribution is -2.81. The van der Waals surface area contributed by atoms with Gasteiger partial charge in [0.15, 0.2) is 0 Å². The van der Waals surface area contributed by atoms with Crippen LogP contribution in [-0.2, 0) is 4.79 Å². The van der Waals surface area contributed by atoms with Crippen molar-refractivity contribution in [3.63, 3.8) is 0 Å². The first-order chi connectivity index (χ1) is 9.73. The van der Waals surface area contributed by atoms with E-state index in [1.54, 1.807) is 13.8 Å². The van der Waals surface area contributed by atoms with E-state index >= 15 is 0 Å². The maximum Gasteiger partial charge on any atom is 0.427 e. The van der Waals surface area contributed by atoms with Gasteiger partial charge in [-0.2, -0.15) is 0 Å². The second-order valence-corrected chi connectivity index (χ2v) is 7.99. The standard InChI is InChI=1S/C15H22N2O4/c1-14(2)12(18)16(17(14)13(19)20)11-9-3-8-4-10(11)7-15(21,5-8)6-9/h8-11,21H,3-7H2,1-2H3,(H,19,20)/t8?,9-,10+,11?,15?. The Morgan fingerprint density at radius 1 is 1.19 bits per heavy atom. The van der Waals surface area contributed by atoms with Crippen molar-refractivity contribution in [2.24, 2.45) is 17.8 Å². The molecule has 2 amide bonds. The predicted octanol–water partition coefficient (Wildman–Crippen LogP) is 1.44. The van der Waals surface area contributed by atoms with Crippen LogP contribution >= 0.6 is 0 Å². The Kier molecular flexibility index (Phi) is 2.37. The number of rotatable bonds is 1. The summed E-state index contributed by atoms with van der Waals surface area (Å²) in [6.45, 7) is 3.31. The van der Waals surface area contributed by atoms with Crippen molar-refractivity contribution < 1.29 is 19.8 Å². The highest BCUT2D eigenvalue weighted by Crippen LogP contribution is 2.58. The minimum absolute atomic E-state index is 0.0431. The Bertz CT molecular complexity index is 516. The molecule has 1 aliphatic heterocycles. The molecule has 2 N–H and O–H groups in total. The predicted molar refractivity (Wildman–Crippen MR) is 73.1 cm³/mol. The fourth-order valence-electron chi connectivity index (χ4n) is 5.64. The van der Waals surface area contributed by atoms with Crippen molar-refractivity contribution in [1.29, 1.82) is 0 Å². The lowest BCUT2D eigenvalue weighted by Gasteiger charge is -2.65. The molecule has 21 heavy (non-hydrogen) atoms. The fraction of sp³-hybridized carbons (Fsp3) is 0.867. The molecule has 3 unspecified atom stereocenters. The van der Waals surface area contributed by atoms with Crippen LogP contribution in [0, 0.1) is 17.8 Å². The number of carbonyl (C=O) groups is 2. The summed E-state index contributed by atoms with van der Waals surface area (Å²) >= 11 is 0. The van der Waals surface area contributed by atoms with Crippen LogP contribution in [0.3, 0.4) is 0 Å². The molecule has 0 aromatic heterocycles. The summed E-state index contributed by atoms with van der Waals surface area (Å²) in [6.07, 6.45) is 3.27. The zero-order chi connectivity index (χ0) is 15.2. The van der Waals surface area contributed by atoms with E-state index in [0.717, 1.165) is 19.3 Å². The first-order valence-electron chi connectivity index (χ1n) is 7.82. The molecule has 4 bridgehead atoms. The largest absolute Gasteiger partial charge is 0.464 e. The molecule has 4 saturated carbocycles. The highest BCUT2D eigenvalue weighted by Gasteiger charge is 2.64. The molecule has 5 aliphatic rings. The molecule has 1 saturated heterocycles. The smallest absolute Gasteiger partial charge is 0.427 e. The third-order valence-corrected chi connectivity index (χ3v) is 6.13. The van der Waals surface area contributed by atoms with Crippen LogP contribution in [0.5, 0.6) is 0 Å². The van der Waals surface area contributed by atoms with Crippen LogP contribution in [0.2, 0.25) is 0 Å². The molecular weight excluding hydrogens is 272 g/mol. The Labute approximate surface area is 123 Å². The highest BCUT2D eigenvalue weighted by molar-refractivity contribution is 5.96. The summed E-state index contributed by atoms with van der Waals surface area (Å²) in [5.41, 5.74) is -1.53. The third-order valence-electron chi connectivity index (χ3n) is 6.13. The lowest BCUT2D eigenvalue weighted by molar-refractivity contribution is -0.246. The van der Waals surface area contributed by atoms with Gasteiger partial charge in [0.05, 0.1) is 11.6 Å². The highest BCUT2D eigenvalue weighted by atomic mass is 16.4. The van der Waals surface area contributed by atoms with Crippen molar-refractivity contribution in [1.82, 2.24) is 10.0 Å². The van der Waals surface area contributed by atoms with E-state index in [4.69, 9.17) is 0 Å². The molecule has 0 aromatic rings. The minimum Gasteiger partial charge on any atom is -0.464 e. The van der Waals surface area contributed by atoms with Crippen molar-refractivity contribution in [3.05, 3.63) is 0 Å². The number of aliphatic hydroxyl groups is 1. The monoisotopic (exact) mass is 294 g/mol. The maximum atomic E-state index is 12.5. The van der Waals surface area contributed by atoms with Gasteiger partial charge in [-0.1, -0.05) is 0 Å². The van der Waals surface area contributed by atoms with E-state index in [2.05, 4.69) is 0 Å². The SMILES string of the molecule is CC1(C)C(=O)N(C2[C@@H]3CC4C[C@H]2CC(O)(C4)C3)N1C(=O)O. The molecule has 4 aliphatic carbocycles. The molecule has 5 rings (SSSR count). The van der Waals surface area contributed by atoms with Crippen molar-refractivity contribution in [2.75, 3.05) is 0 Å². The van der Waals surface area contributed by atoms with Gasteiger partial charge in [0.1, 0.15) is 5.54 Å². The summed E-state index contributed by atoms with van der Waals surface area (Å²) < 4.78 is 0. The van der Waals surface area contributed by atoms with Gasteiger partial charge in [-0.15, -0.1) is 0 Å². The van der Waals surface area contributed by atoms with E-state index in [1.807, 2.05) is 0 Å². The van der Waals surface area contributed by atoms with E-state index < -0.39 is 17.2 Å². The molecule has 5 fully saturated rings. The Morgan fingerprint density at radius 2 is 1.76 bits per heavy atom. The zero-order valence-corrected chi connectivity index (χ0v) is 12.5. The third kappa shape index (κ3) is 1.57. The number of hydrogen-bond acceptors (Lipinski definition) is 3. The Balaban J connectivity index is 1.66. The molecule has 1 heterocycles. The maximum absolute atomic E-state index is 12.5. The number of carboxylic acid groups (broad SMARTS) is 1. The molecule has 6 nitrogen and oxygen atoms in total. The van der Waals surface area contributed by atoms with E-state index in [-0.39, 0.29) is 23.8 Å². The Morgan fingerprint density at radius 3 is 2.24 bits per heavy atom. The van der Waals surface area contributed by atoms with Crippen LogP contribution in [-0.4, -0.2) is 49.4 Å². The van der Waals surface area contributed by atoms with Gasteiger partial charge in [-0.3, -0.25) is 4.79 Å². The van der Waals surface area contributed by atoms with Gasteiger partial charge < -0.3 is 10.2 Å². The van der Waals surface area contributed by atoms with Gasteiger partial charge in [-0.05, 0) is 63.7 Å². The number of amides is 2. The number of nitrogens with zero attached hydrogens (tertiary/aromatic N) is 2. The summed E-state index contributed by atoms with van der Waals surface area (Å²) in [7, 11) is 0. The average molecular weight is 294 g/mol. The summed E-state index contributed by atoms with van der Waals surface area (Å²) in [6, 6.07) is -0.0431. The first-order valence-corrected chi connectivity index (χ1v) is 7.82. The Hall–Kier alpha value is -1.30. The number of hydrogen-bond donors (Lipinski definition) is 2. The van der Waals surface area contributed by atoms with Crippen LogP contribution in [0.4, 0.5) is 4.79 Å². The molecule has 116 valence electrons. The van der Waals surface area contributed by atoms with Crippen LogP contribution in [0.15, 0.2) is 0 Å². The minimum atomic E-state index is -1.06.